The molecule has 0 radical (unpaired) electrons. The fourth-order valence-corrected chi connectivity index (χ4v) is 2.24. The minimum Gasteiger partial charge on any atom is -0.314 e. The van der Waals surface area contributed by atoms with E-state index in [0.29, 0.717) is 9.50 Å². The van der Waals surface area contributed by atoms with Crippen molar-refractivity contribution in [1.82, 2.24) is 0 Å². The van der Waals surface area contributed by atoms with Crippen LogP contribution in [-0.2, 0) is 0 Å². The van der Waals surface area contributed by atoms with E-state index >= 15 is 0 Å². The number of benzene rings is 2. The molecule has 2 aromatic rings. The Balaban J connectivity index is 2.41. The van der Waals surface area contributed by atoms with Crippen LogP contribution in [0.3, 0.4) is 0 Å². The van der Waals surface area contributed by atoms with Gasteiger partial charge in [0.2, 0.25) is 0 Å². The first kappa shape index (κ1) is 15.4. The molecule has 0 aliphatic rings. The highest BCUT2D eigenvalue weighted by molar-refractivity contribution is 9.10. The van der Waals surface area contributed by atoms with Crippen LogP contribution in [0.25, 0.3) is 0 Å². The Labute approximate surface area is 132 Å². The molecule has 0 aliphatic heterocycles. The zero-order valence-corrected chi connectivity index (χ0v) is 12.6. The van der Waals surface area contributed by atoms with Gasteiger partial charge in [-0.1, -0.05) is 17.7 Å². The molecular formula is C13H7BrClFN2O3. The molecule has 0 heterocycles. The van der Waals surface area contributed by atoms with Gasteiger partial charge in [0.05, 0.1) is 10.5 Å². The Bertz CT molecular complexity index is 739. The van der Waals surface area contributed by atoms with E-state index in [1.165, 1.54) is 12.1 Å². The molecule has 0 saturated heterocycles. The quantitative estimate of drug-likeness (QED) is 0.640. The van der Waals surface area contributed by atoms with E-state index < -0.39 is 28.0 Å². The summed E-state index contributed by atoms with van der Waals surface area (Å²) in [6.45, 7) is 0. The first-order valence-electron chi connectivity index (χ1n) is 5.59. The lowest BCUT2D eigenvalue weighted by molar-refractivity contribution is -0.384. The summed E-state index contributed by atoms with van der Waals surface area (Å²) in [5.41, 5.74) is -0.874. The molecule has 5 nitrogen and oxygen atoms in total. The highest BCUT2D eigenvalue weighted by atomic mass is 79.9. The molecule has 0 aromatic heterocycles. The van der Waals surface area contributed by atoms with Crippen molar-refractivity contribution >= 4 is 44.8 Å². The maximum absolute atomic E-state index is 13.7. The second kappa shape index (κ2) is 6.19. The largest absolute Gasteiger partial charge is 0.314 e. The number of hydrogen-bond donors (Lipinski definition) is 1. The number of rotatable bonds is 3. The average molecular weight is 374 g/mol. The molecule has 0 bridgehead atoms. The fraction of sp³-hybridized carbons (Fsp3) is 0. The number of para-hydroxylation sites is 1. The first-order chi connectivity index (χ1) is 9.90. The van der Waals surface area contributed by atoms with Gasteiger partial charge in [0, 0.05) is 15.6 Å². The van der Waals surface area contributed by atoms with E-state index in [1.54, 1.807) is 12.1 Å². The lowest BCUT2D eigenvalue weighted by Crippen LogP contribution is -2.15. The molecule has 108 valence electrons. The molecular weight excluding hydrogens is 367 g/mol. The highest BCUT2D eigenvalue weighted by Gasteiger charge is 2.21. The van der Waals surface area contributed by atoms with Crippen molar-refractivity contribution in [1.29, 1.82) is 0 Å². The van der Waals surface area contributed by atoms with Gasteiger partial charge in [0.25, 0.3) is 11.6 Å². The minimum absolute atomic E-state index is 0.139. The van der Waals surface area contributed by atoms with E-state index in [2.05, 4.69) is 21.2 Å². The summed E-state index contributed by atoms with van der Waals surface area (Å²) >= 11 is 8.96. The van der Waals surface area contributed by atoms with E-state index in [-0.39, 0.29) is 5.56 Å². The Morgan fingerprint density at radius 3 is 2.71 bits per heavy atom. The van der Waals surface area contributed by atoms with Gasteiger partial charge in [-0.3, -0.25) is 14.9 Å². The average Bonchev–Trinajstić information content (AvgIpc) is 2.43. The lowest BCUT2D eigenvalue weighted by Gasteiger charge is -2.08. The zero-order valence-electron chi connectivity index (χ0n) is 10.3. The van der Waals surface area contributed by atoms with Crippen molar-refractivity contribution < 1.29 is 14.1 Å². The Hall–Kier alpha value is -1.99. The third kappa shape index (κ3) is 3.37. The van der Waals surface area contributed by atoms with E-state index in [0.717, 1.165) is 12.1 Å². The van der Waals surface area contributed by atoms with Crippen LogP contribution in [0.1, 0.15) is 10.4 Å². The van der Waals surface area contributed by atoms with Crippen LogP contribution < -0.4 is 5.32 Å². The molecule has 2 rings (SSSR count). The minimum atomic E-state index is -0.893. The third-order valence-corrected chi connectivity index (χ3v) is 3.53. The van der Waals surface area contributed by atoms with Crippen LogP contribution in [0.2, 0.25) is 5.02 Å². The number of anilines is 1. The van der Waals surface area contributed by atoms with Crippen molar-refractivity contribution in [2.45, 2.75) is 0 Å². The number of nitrogens with one attached hydrogen (secondary N) is 1. The second-order valence-electron chi connectivity index (χ2n) is 3.97. The van der Waals surface area contributed by atoms with Crippen LogP contribution in [0.15, 0.2) is 40.9 Å². The van der Waals surface area contributed by atoms with E-state index in [4.69, 9.17) is 11.6 Å². The van der Waals surface area contributed by atoms with Crippen molar-refractivity contribution in [3.8, 4) is 0 Å². The smallest absolute Gasteiger partial charge is 0.295 e. The number of amides is 1. The van der Waals surface area contributed by atoms with Crippen molar-refractivity contribution in [3.63, 3.8) is 0 Å². The fourth-order valence-electron chi connectivity index (χ4n) is 1.64. The second-order valence-corrected chi connectivity index (χ2v) is 5.26. The molecule has 0 atom stereocenters. The molecule has 0 unspecified atom stereocenters. The maximum atomic E-state index is 13.7. The van der Waals surface area contributed by atoms with Crippen LogP contribution in [0.4, 0.5) is 15.8 Å². The van der Waals surface area contributed by atoms with E-state index in [1.807, 2.05) is 0 Å². The molecule has 8 heteroatoms. The SMILES string of the molecule is O=C(Nc1c(F)cccc1[N+](=O)[O-])c1cc(Cl)ccc1Br. The molecule has 0 aliphatic carbocycles. The van der Waals surface area contributed by atoms with Crippen molar-refractivity contribution in [2.75, 3.05) is 5.32 Å². The maximum Gasteiger partial charge on any atom is 0.295 e. The molecule has 1 amide bonds. The van der Waals surface area contributed by atoms with Gasteiger partial charge in [-0.05, 0) is 40.2 Å². The van der Waals surface area contributed by atoms with Gasteiger partial charge in [-0.15, -0.1) is 0 Å². The number of nitro benzene ring substituents is 1. The van der Waals surface area contributed by atoms with Gasteiger partial charge in [0.15, 0.2) is 11.5 Å². The standard InChI is InChI=1S/C13H7BrClFN2O3/c14-9-5-4-7(15)6-8(9)13(19)17-12-10(16)2-1-3-11(12)18(20)21/h1-6H,(H,17,19). The molecule has 0 fully saturated rings. The predicted octanol–water partition coefficient (Wildman–Crippen LogP) is 4.40. The van der Waals surface area contributed by atoms with Crippen LogP contribution >= 0.6 is 27.5 Å². The predicted molar refractivity (Wildman–Crippen MR) is 80.2 cm³/mol. The van der Waals surface area contributed by atoms with Gasteiger partial charge >= 0.3 is 0 Å². The van der Waals surface area contributed by atoms with Crippen molar-refractivity contribution in [3.05, 3.63) is 67.4 Å². The number of nitrogens with zero attached hydrogens (tertiary/aromatic N) is 1. The summed E-state index contributed by atoms with van der Waals surface area (Å²) in [5, 5.41) is 13.4. The highest BCUT2D eigenvalue weighted by Crippen LogP contribution is 2.29. The summed E-state index contributed by atoms with van der Waals surface area (Å²) in [6, 6.07) is 7.80. The molecule has 0 saturated carbocycles. The molecule has 1 N–H and O–H groups in total. The van der Waals surface area contributed by atoms with Crippen molar-refractivity contribution in [2.24, 2.45) is 0 Å². The number of carbonyl (C=O) groups excluding carboxylic acids is 1. The third-order valence-electron chi connectivity index (χ3n) is 2.60. The number of hydrogen-bond acceptors (Lipinski definition) is 3. The van der Waals surface area contributed by atoms with Gasteiger partial charge in [0.1, 0.15) is 0 Å². The lowest BCUT2D eigenvalue weighted by atomic mass is 10.2. The van der Waals surface area contributed by atoms with Crippen LogP contribution in [0, 0.1) is 15.9 Å². The summed E-state index contributed by atoms with van der Waals surface area (Å²) in [6.07, 6.45) is 0. The summed E-state index contributed by atoms with van der Waals surface area (Å²) in [7, 11) is 0. The number of halogens is 3. The monoisotopic (exact) mass is 372 g/mol. The number of carbonyl (C=O) groups is 1. The molecule has 21 heavy (non-hydrogen) atoms. The summed E-state index contributed by atoms with van der Waals surface area (Å²) in [4.78, 5) is 22.2. The van der Waals surface area contributed by atoms with Gasteiger partial charge < -0.3 is 5.32 Å². The summed E-state index contributed by atoms with van der Waals surface area (Å²) in [5.74, 6) is -1.60. The Morgan fingerprint density at radius 2 is 2.05 bits per heavy atom. The van der Waals surface area contributed by atoms with E-state index in [9.17, 15) is 19.3 Å². The zero-order chi connectivity index (χ0) is 15.6. The summed E-state index contributed by atoms with van der Waals surface area (Å²) < 4.78 is 14.1. The molecule has 0 spiro atoms. The Kier molecular flexibility index (Phi) is 4.54. The van der Waals surface area contributed by atoms with Gasteiger partial charge in [-0.25, -0.2) is 4.39 Å². The van der Waals surface area contributed by atoms with Crippen LogP contribution in [0.5, 0.6) is 0 Å². The number of nitro groups is 1. The molecule has 2 aromatic carbocycles. The Morgan fingerprint density at radius 1 is 1.33 bits per heavy atom. The normalized spacial score (nSPS) is 10.2. The van der Waals surface area contributed by atoms with Gasteiger partial charge in [-0.2, -0.15) is 0 Å². The first-order valence-corrected chi connectivity index (χ1v) is 6.76. The van der Waals surface area contributed by atoms with Crippen LogP contribution in [-0.4, -0.2) is 10.8 Å². The topological polar surface area (TPSA) is 72.2 Å².